The zero-order valence-electron chi connectivity index (χ0n) is 20.3. The van der Waals surface area contributed by atoms with E-state index in [1.807, 2.05) is 0 Å². The maximum absolute atomic E-state index is 4.55. The first-order valence-corrected chi connectivity index (χ1v) is 12.8. The van der Waals surface area contributed by atoms with Crippen LogP contribution >= 0.6 is 0 Å². The van der Waals surface area contributed by atoms with Crippen molar-refractivity contribution < 1.29 is 4.48 Å². The van der Waals surface area contributed by atoms with Crippen molar-refractivity contribution in [1.82, 2.24) is 0 Å². The summed E-state index contributed by atoms with van der Waals surface area (Å²) in [5.74, 6) is 0. The van der Waals surface area contributed by atoms with Gasteiger partial charge in [-0.3, -0.25) is 0 Å². The molecule has 170 valence electrons. The molecule has 2 aromatic rings. The summed E-state index contributed by atoms with van der Waals surface area (Å²) >= 11 is 0. The van der Waals surface area contributed by atoms with Gasteiger partial charge in [-0.05, 0) is 43.2 Å². The Labute approximate surface area is 192 Å². The van der Waals surface area contributed by atoms with E-state index >= 15 is 0 Å². The van der Waals surface area contributed by atoms with Crippen LogP contribution < -0.4 is 0 Å². The van der Waals surface area contributed by atoms with Gasteiger partial charge in [0.25, 0.3) is 0 Å². The van der Waals surface area contributed by atoms with Gasteiger partial charge in [0, 0.05) is 12.0 Å². The van der Waals surface area contributed by atoms with Crippen molar-refractivity contribution in [1.29, 1.82) is 0 Å². The number of benzene rings is 2. The molecule has 0 aliphatic carbocycles. The van der Waals surface area contributed by atoms with E-state index in [0.29, 0.717) is 0 Å². The van der Waals surface area contributed by atoms with Crippen molar-refractivity contribution >= 4 is 5.57 Å². The Morgan fingerprint density at radius 1 is 0.645 bits per heavy atom. The fourth-order valence-electron chi connectivity index (χ4n) is 4.75. The van der Waals surface area contributed by atoms with E-state index in [1.165, 1.54) is 105 Å². The summed E-state index contributed by atoms with van der Waals surface area (Å²) < 4.78 is 1.22. The minimum Gasteiger partial charge on any atom is -0.320 e. The molecule has 0 aromatic heterocycles. The predicted molar refractivity (Wildman–Crippen MR) is 138 cm³/mol. The molecule has 0 amide bonds. The zero-order valence-corrected chi connectivity index (χ0v) is 20.3. The predicted octanol–water partition coefficient (Wildman–Crippen LogP) is 8.31. The highest BCUT2D eigenvalue weighted by Crippen LogP contribution is 2.23. The van der Waals surface area contributed by atoms with Crippen LogP contribution in [0.5, 0.6) is 0 Å². The summed E-state index contributed by atoms with van der Waals surface area (Å²) in [6, 6.07) is 21.9. The molecule has 0 aliphatic heterocycles. The minimum absolute atomic E-state index is 1.09. The number of hydrogen-bond acceptors (Lipinski definition) is 0. The Balaban J connectivity index is 2.11. The molecule has 1 nitrogen and oxygen atoms in total. The Morgan fingerprint density at radius 3 is 1.71 bits per heavy atom. The van der Waals surface area contributed by atoms with Crippen LogP contribution in [0.1, 0.15) is 82.8 Å². The average molecular weight is 421 g/mol. The fraction of sp³-hybridized carbons (Fsp3) is 0.533. The first-order chi connectivity index (χ1) is 15.2. The van der Waals surface area contributed by atoms with Crippen molar-refractivity contribution in [2.45, 2.75) is 78.1 Å². The zero-order chi connectivity index (χ0) is 22.2. The number of aryl methyl sites for hydroxylation is 1. The normalized spacial score (nSPS) is 11.5. The quantitative estimate of drug-likeness (QED) is 0.178. The SMILES string of the molecule is C=C(C[N+](CCCCCC)(CCCCCC)CCCc1ccccc1)c1ccccc1. The molecule has 0 fully saturated rings. The maximum atomic E-state index is 4.55. The first kappa shape index (κ1) is 25.4. The van der Waals surface area contributed by atoms with Gasteiger partial charge >= 0.3 is 0 Å². The summed E-state index contributed by atoms with van der Waals surface area (Å²) in [5.41, 5.74) is 4.10. The van der Waals surface area contributed by atoms with Gasteiger partial charge in [0.15, 0.2) is 0 Å². The van der Waals surface area contributed by atoms with Gasteiger partial charge in [0.1, 0.15) is 6.54 Å². The number of quaternary nitrogens is 1. The lowest BCUT2D eigenvalue weighted by atomic mass is 10.0. The lowest BCUT2D eigenvalue weighted by Crippen LogP contribution is -2.51. The molecule has 0 N–H and O–H groups in total. The van der Waals surface area contributed by atoms with Gasteiger partial charge in [0.2, 0.25) is 0 Å². The van der Waals surface area contributed by atoms with Crippen LogP contribution in [0.2, 0.25) is 0 Å². The standard InChI is InChI=1S/C30H46N/c1-4-6-8-16-24-31(25-17-9-7-5-2,26-18-21-29-19-12-10-13-20-29)27-28(3)30-22-14-11-15-23-30/h10-15,19-20,22-23H,3-9,16-18,21,24-27H2,1-2H3/q+1. The number of unbranched alkanes of at least 4 members (excludes halogenated alkanes) is 6. The van der Waals surface area contributed by atoms with E-state index in [1.54, 1.807) is 0 Å². The fourth-order valence-corrected chi connectivity index (χ4v) is 4.75. The Kier molecular flexibility index (Phi) is 12.3. The topological polar surface area (TPSA) is 0 Å². The molecule has 0 bridgehead atoms. The summed E-state index contributed by atoms with van der Waals surface area (Å²) in [5, 5.41) is 0. The van der Waals surface area contributed by atoms with Gasteiger partial charge in [-0.2, -0.15) is 0 Å². The third kappa shape index (κ3) is 9.87. The van der Waals surface area contributed by atoms with Crippen LogP contribution in [0.25, 0.3) is 5.57 Å². The van der Waals surface area contributed by atoms with Crippen molar-refractivity contribution in [2.75, 3.05) is 26.2 Å². The molecule has 0 saturated carbocycles. The van der Waals surface area contributed by atoms with Gasteiger partial charge in [0.05, 0.1) is 19.6 Å². The van der Waals surface area contributed by atoms with E-state index in [9.17, 15) is 0 Å². The Bertz CT molecular complexity index is 692. The van der Waals surface area contributed by atoms with Crippen molar-refractivity contribution in [3.05, 3.63) is 78.4 Å². The molecule has 0 atom stereocenters. The molecule has 31 heavy (non-hydrogen) atoms. The molecule has 0 unspecified atom stereocenters. The molecule has 0 spiro atoms. The van der Waals surface area contributed by atoms with Gasteiger partial charge in [-0.1, -0.05) is 107 Å². The highest BCUT2D eigenvalue weighted by Gasteiger charge is 2.27. The van der Waals surface area contributed by atoms with Crippen LogP contribution in [-0.4, -0.2) is 30.7 Å². The molecule has 0 radical (unpaired) electrons. The van der Waals surface area contributed by atoms with Gasteiger partial charge < -0.3 is 4.48 Å². The molecule has 0 aliphatic rings. The monoisotopic (exact) mass is 420 g/mol. The number of rotatable bonds is 17. The Hall–Kier alpha value is -1.86. The Morgan fingerprint density at radius 2 is 1.16 bits per heavy atom. The van der Waals surface area contributed by atoms with Crippen LogP contribution in [0, 0.1) is 0 Å². The second-order valence-electron chi connectivity index (χ2n) is 9.35. The van der Waals surface area contributed by atoms with E-state index in [0.717, 1.165) is 6.54 Å². The van der Waals surface area contributed by atoms with Crippen LogP contribution in [-0.2, 0) is 6.42 Å². The molecule has 1 heteroatoms. The highest BCUT2D eigenvalue weighted by atomic mass is 15.3. The smallest absolute Gasteiger partial charge is 0.104 e. The molecule has 2 aromatic carbocycles. The van der Waals surface area contributed by atoms with Crippen molar-refractivity contribution in [3.63, 3.8) is 0 Å². The van der Waals surface area contributed by atoms with E-state index < -0.39 is 0 Å². The molecule has 0 saturated heterocycles. The molecular formula is C30H46N+. The van der Waals surface area contributed by atoms with Crippen LogP contribution in [0.15, 0.2) is 67.2 Å². The third-order valence-corrected chi connectivity index (χ3v) is 6.62. The van der Waals surface area contributed by atoms with Crippen LogP contribution in [0.4, 0.5) is 0 Å². The lowest BCUT2D eigenvalue weighted by molar-refractivity contribution is -0.922. The number of nitrogens with zero attached hydrogens (tertiary/aromatic N) is 1. The summed E-state index contributed by atoms with van der Waals surface area (Å²) in [6.07, 6.45) is 13.2. The van der Waals surface area contributed by atoms with Crippen LogP contribution in [0.3, 0.4) is 0 Å². The third-order valence-electron chi connectivity index (χ3n) is 6.62. The lowest BCUT2D eigenvalue weighted by Gasteiger charge is -2.40. The second kappa shape index (κ2) is 15.0. The largest absolute Gasteiger partial charge is 0.320 e. The van der Waals surface area contributed by atoms with Crippen molar-refractivity contribution in [2.24, 2.45) is 0 Å². The summed E-state index contributed by atoms with van der Waals surface area (Å²) in [4.78, 5) is 0. The number of hydrogen-bond donors (Lipinski definition) is 0. The second-order valence-corrected chi connectivity index (χ2v) is 9.35. The minimum atomic E-state index is 1.09. The maximum Gasteiger partial charge on any atom is 0.104 e. The summed E-state index contributed by atoms with van der Waals surface area (Å²) in [7, 11) is 0. The molecule has 2 rings (SSSR count). The summed E-state index contributed by atoms with van der Waals surface area (Å²) in [6.45, 7) is 14.1. The van der Waals surface area contributed by atoms with E-state index in [4.69, 9.17) is 0 Å². The van der Waals surface area contributed by atoms with E-state index in [-0.39, 0.29) is 0 Å². The highest BCUT2D eigenvalue weighted by molar-refractivity contribution is 5.63. The molecule has 0 heterocycles. The van der Waals surface area contributed by atoms with Gasteiger partial charge in [-0.15, -0.1) is 0 Å². The van der Waals surface area contributed by atoms with Crippen molar-refractivity contribution in [3.8, 4) is 0 Å². The van der Waals surface area contributed by atoms with Gasteiger partial charge in [-0.25, -0.2) is 0 Å². The molecular weight excluding hydrogens is 374 g/mol. The average Bonchev–Trinajstić information content (AvgIpc) is 2.81. The van der Waals surface area contributed by atoms with E-state index in [2.05, 4.69) is 81.1 Å². The first-order valence-electron chi connectivity index (χ1n) is 12.8.